The Hall–Kier alpha value is -0.860. The van der Waals surface area contributed by atoms with E-state index in [9.17, 15) is 4.79 Å². The maximum Gasteiger partial charge on any atom is 0.164 e. The van der Waals surface area contributed by atoms with Crippen molar-refractivity contribution in [3.63, 3.8) is 0 Å². The molecule has 0 aliphatic carbocycles. The largest absolute Gasteiger partial charge is 0.378 e. The van der Waals surface area contributed by atoms with Crippen molar-refractivity contribution in [3.8, 4) is 0 Å². The first-order valence-electron chi connectivity index (χ1n) is 6.99. The Bertz CT molecular complexity index is 462. The highest BCUT2D eigenvalue weighted by molar-refractivity contribution is 6.34. The zero-order chi connectivity index (χ0) is 13.8. The van der Waals surface area contributed by atoms with Gasteiger partial charge in [-0.15, -0.1) is 0 Å². The third-order valence-electron chi connectivity index (χ3n) is 3.85. The van der Waals surface area contributed by atoms with Gasteiger partial charge in [0.25, 0.3) is 0 Å². The van der Waals surface area contributed by atoms with Gasteiger partial charge in [0, 0.05) is 18.6 Å². The molecule has 0 N–H and O–H groups in total. The molecule has 3 heteroatoms. The summed E-state index contributed by atoms with van der Waals surface area (Å²) in [6.45, 7) is 4.85. The molecular weight excluding hydrogens is 260 g/mol. The van der Waals surface area contributed by atoms with E-state index in [1.807, 2.05) is 26.0 Å². The lowest BCUT2D eigenvalue weighted by molar-refractivity contribution is 0.0104. The van der Waals surface area contributed by atoms with Gasteiger partial charge in [0.1, 0.15) is 0 Å². The van der Waals surface area contributed by atoms with E-state index < -0.39 is 0 Å². The molecule has 2 nitrogen and oxygen atoms in total. The van der Waals surface area contributed by atoms with E-state index in [1.165, 1.54) is 6.42 Å². The summed E-state index contributed by atoms with van der Waals surface area (Å²) in [6, 6.07) is 3.78. The van der Waals surface area contributed by atoms with Crippen LogP contribution in [-0.4, -0.2) is 18.5 Å². The van der Waals surface area contributed by atoms with Crippen LogP contribution in [0.1, 0.15) is 53.6 Å². The molecule has 0 saturated carbocycles. The van der Waals surface area contributed by atoms with Gasteiger partial charge in [-0.25, -0.2) is 0 Å². The van der Waals surface area contributed by atoms with Crippen molar-refractivity contribution in [2.24, 2.45) is 0 Å². The molecule has 0 spiro atoms. The van der Waals surface area contributed by atoms with Crippen molar-refractivity contribution in [1.82, 2.24) is 0 Å². The number of aryl methyl sites for hydroxylation is 2. The van der Waals surface area contributed by atoms with Crippen LogP contribution in [-0.2, 0) is 4.74 Å². The molecule has 0 amide bonds. The van der Waals surface area contributed by atoms with Crippen LogP contribution in [0.4, 0.5) is 0 Å². The quantitative estimate of drug-likeness (QED) is 0.760. The molecule has 0 bridgehead atoms. The van der Waals surface area contributed by atoms with Gasteiger partial charge >= 0.3 is 0 Å². The number of hydrogen-bond donors (Lipinski definition) is 0. The number of ketones is 1. The predicted molar refractivity (Wildman–Crippen MR) is 78.1 cm³/mol. The number of benzene rings is 1. The summed E-state index contributed by atoms with van der Waals surface area (Å²) in [5.41, 5.74) is 2.89. The van der Waals surface area contributed by atoms with Crippen molar-refractivity contribution in [2.45, 2.75) is 52.1 Å². The molecule has 0 aromatic heterocycles. The molecule has 1 aliphatic heterocycles. The number of ether oxygens (including phenoxy) is 1. The van der Waals surface area contributed by atoms with Gasteiger partial charge in [-0.2, -0.15) is 0 Å². The minimum Gasteiger partial charge on any atom is -0.378 e. The van der Waals surface area contributed by atoms with Crippen molar-refractivity contribution in [1.29, 1.82) is 0 Å². The molecule has 0 radical (unpaired) electrons. The Morgan fingerprint density at radius 1 is 1.32 bits per heavy atom. The summed E-state index contributed by atoms with van der Waals surface area (Å²) >= 11 is 6.17. The smallest absolute Gasteiger partial charge is 0.164 e. The molecule has 1 saturated heterocycles. The van der Waals surface area contributed by atoms with Gasteiger partial charge in [-0.05, 0) is 62.8 Å². The van der Waals surface area contributed by atoms with Crippen LogP contribution < -0.4 is 0 Å². The lowest BCUT2D eigenvalue weighted by Crippen LogP contribution is -2.20. The molecular formula is C16H21ClO2. The normalized spacial score (nSPS) is 19.4. The van der Waals surface area contributed by atoms with Crippen LogP contribution in [0.3, 0.4) is 0 Å². The highest BCUT2D eigenvalue weighted by atomic mass is 35.5. The molecule has 1 aliphatic rings. The molecule has 19 heavy (non-hydrogen) atoms. The van der Waals surface area contributed by atoms with Crippen LogP contribution in [0.2, 0.25) is 5.02 Å². The second-order valence-electron chi connectivity index (χ2n) is 5.37. The number of carbonyl (C=O) groups is 1. The number of hydrogen-bond acceptors (Lipinski definition) is 2. The minimum absolute atomic E-state index is 0.127. The van der Waals surface area contributed by atoms with Gasteiger partial charge in [0.05, 0.1) is 11.1 Å². The first-order valence-corrected chi connectivity index (χ1v) is 7.37. The highest BCUT2D eigenvalue weighted by Crippen LogP contribution is 2.24. The van der Waals surface area contributed by atoms with Crippen LogP contribution in [0.15, 0.2) is 12.1 Å². The van der Waals surface area contributed by atoms with E-state index >= 15 is 0 Å². The van der Waals surface area contributed by atoms with Crippen LogP contribution in [0, 0.1) is 13.8 Å². The Morgan fingerprint density at radius 3 is 2.74 bits per heavy atom. The maximum atomic E-state index is 12.2. The summed E-state index contributed by atoms with van der Waals surface area (Å²) in [5, 5.41) is 0.567. The molecule has 1 aromatic rings. The lowest BCUT2D eigenvalue weighted by atomic mass is 9.98. The first kappa shape index (κ1) is 14.5. The fourth-order valence-electron chi connectivity index (χ4n) is 2.46. The Kier molecular flexibility index (Phi) is 5.00. The summed E-state index contributed by atoms with van der Waals surface area (Å²) < 4.78 is 5.65. The third-order valence-corrected chi connectivity index (χ3v) is 4.16. The average molecular weight is 281 g/mol. The Morgan fingerprint density at radius 2 is 2.05 bits per heavy atom. The molecule has 1 fully saturated rings. The number of halogens is 1. The molecule has 1 aromatic carbocycles. The number of carbonyl (C=O) groups excluding carboxylic acids is 1. The van der Waals surface area contributed by atoms with Gasteiger partial charge in [-0.1, -0.05) is 11.6 Å². The van der Waals surface area contributed by atoms with E-state index in [0.717, 1.165) is 37.0 Å². The van der Waals surface area contributed by atoms with Gasteiger partial charge < -0.3 is 4.74 Å². The zero-order valence-electron chi connectivity index (χ0n) is 11.7. The highest BCUT2D eigenvalue weighted by Gasteiger charge is 2.17. The van der Waals surface area contributed by atoms with Crippen molar-refractivity contribution < 1.29 is 9.53 Å². The molecule has 104 valence electrons. The van der Waals surface area contributed by atoms with E-state index in [1.54, 1.807) is 0 Å². The molecule has 2 rings (SSSR count). The summed E-state index contributed by atoms with van der Waals surface area (Å²) in [4.78, 5) is 12.2. The van der Waals surface area contributed by atoms with Crippen LogP contribution >= 0.6 is 11.6 Å². The van der Waals surface area contributed by atoms with E-state index in [2.05, 4.69) is 0 Å². The van der Waals surface area contributed by atoms with Crippen molar-refractivity contribution >= 4 is 17.4 Å². The summed E-state index contributed by atoms with van der Waals surface area (Å²) in [7, 11) is 0. The standard InChI is InChI=1S/C16H21ClO2/c1-11-9-14(15(17)10-12(11)2)16(18)7-6-13-5-3-4-8-19-13/h9-10,13H,3-8H2,1-2H3. The second kappa shape index (κ2) is 6.53. The number of Topliss-reactive ketones (excluding diaryl/α,β-unsaturated/α-hetero) is 1. The van der Waals surface area contributed by atoms with Gasteiger partial charge in [0.15, 0.2) is 5.78 Å². The van der Waals surface area contributed by atoms with E-state index in [4.69, 9.17) is 16.3 Å². The fourth-order valence-corrected chi connectivity index (χ4v) is 2.78. The maximum absolute atomic E-state index is 12.2. The molecule has 1 heterocycles. The Labute approximate surface area is 120 Å². The van der Waals surface area contributed by atoms with Crippen molar-refractivity contribution in [2.75, 3.05) is 6.61 Å². The lowest BCUT2D eigenvalue weighted by Gasteiger charge is -2.22. The topological polar surface area (TPSA) is 26.3 Å². The van der Waals surface area contributed by atoms with Gasteiger partial charge in [-0.3, -0.25) is 4.79 Å². The molecule has 1 atom stereocenters. The first-order chi connectivity index (χ1) is 9.08. The second-order valence-corrected chi connectivity index (χ2v) is 5.77. The minimum atomic E-state index is 0.127. The predicted octanol–water partition coefficient (Wildman–Crippen LogP) is 4.49. The molecule has 1 unspecified atom stereocenters. The van der Waals surface area contributed by atoms with Crippen LogP contribution in [0.25, 0.3) is 0 Å². The summed E-state index contributed by atoms with van der Waals surface area (Å²) in [5.74, 6) is 0.127. The summed E-state index contributed by atoms with van der Waals surface area (Å²) in [6.07, 6.45) is 5.02. The number of rotatable bonds is 4. The fraction of sp³-hybridized carbons (Fsp3) is 0.562. The Balaban J connectivity index is 1.97. The van der Waals surface area contributed by atoms with E-state index in [-0.39, 0.29) is 11.9 Å². The van der Waals surface area contributed by atoms with Crippen molar-refractivity contribution in [3.05, 3.63) is 33.8 Å². The van der Waals surface area contributed by atoms with E-state index in [0.29, 0.717) is 17.0 Å². The zero-order valence-corrected chi connectivity index (χ0v) is 12.4. The van der Waals surface area contributed by atoms with Crippen LogP contribution in [0.5, 0.6) is 0 Å². The third kappa shape index (κ3) is 3.80. The van der Waals surface area contributed by atoms with Gasteiger partial charge in [0.2, 0.25) is 0 Å². The average Bonchev–Trinajstić information content (AvgIpc) is 2.41. The SMILES string of the molecule is Cc1cc(Cl)c(C(=O)CCC2CCCCO2)cc1C. The monoisotopic (exact) mass is 280 g/mol.